The average molecular weight is 348 g/mol. The summed E-state index contributed by atoms with van der Waals surface area (Å²) < 4.78 is 5.30. The van der Waals surface area contributed by atoms with Crippen molar-refractivity contribution in [3.8, 4) is 0 Å². The molecule has 126 valence electrons. The summed E-state index contributed by atoms with van der Waals surface area (Å²) in [4.78, 5) is 24.5. The van der Waals surface area contributed by atoms with E-state index in [9.17, 15) is 9.59 Å². The lowest BCUT2D eigenvalue weighted by atomic mass is 10.2. The molecule has 0 unspecified atom stereocenters. The maximum atomic E-state index is 12.4. The lowest BCUT2D eigenvalue weighted by Crippen LogP contribution is -2.33. The number of amides is 1. The van der Waals surface area contributed by atoms with Gasteiger partial charge in [0.15, 0.2) is 0 Å². The van der Waals surface area contributed by atoms with E-state index in [2.05, 4.69) is 0 Å². The Morgan fingerprint density at radius 1 is 1.17 bits per heavy atom. The summed E-state index contributed by atoms with van der Waals surface area (Å²) in [7, 11) is 0. The molecule has 2 aromatic rings. The van der Waals surface area contributed by atoms with Crippen LogP contribution < -0.4 is 4.90 Å². The highest BCUT2D eigenvalue weighted by Gasteiger charge is 2.19. The quantitative estimate of drug-likeness (QED) is 0.847. The van der Waals surface area contributed by atoms with E-state index in [0.29, 0.717) is 10.7 Å². The van der Waals surface area contributed by atoms with Gasteiger partial charge in [0.25, 0.3) is 0 Å². The molecule has 2 aromatic carbocycles. The molecule has 5 nitrogen and oxygen atoms in total. The van der Waals surface area contributed by atoms with Gasteiger partial charge in [-0.15, -0.1) is 0 Å². The molecule has 2 rings (SSSR count). The zero-order valence-electron chi connectivity index (χ0n) is 13.2. The van der Waals surface area contributed by atoms with Gasteiger partial charge < -0.3 is 9.84 Å². The Labute approximate surface area is 145 Å². The first-order valence-electron chi connectivity index (χ1n) is 7.43. The minimum atomic E-state index is -0.992. The normalized spacial score (nSPS) is 10.2. The number of aliphatic carboxylic acids is 1. The Hall–Kier alpha value is -2.53. The maximum absolute atomic E-state index is 12.4. The van der Waals surface area contributed by atoms with Gasteiger partial charge in [-0.1, -0.05) is 48.0 Å². The van der Waals surface area contributed by atoms with Crippen molar-refractivity contribution in [2.75, 3.05) is 11.4 Å². The first kappa shape index (κ1) is 17.8. The maximum Gasteiger partial charge on any atom is 0.414 e. The second-order valence-electron chi connectivity index (χ2n) is 5.27. The highest BCUT2D eigenvalue weighted by atomic mass is 35.5. The fraction of sp³-hybridized carbons (Fsp3) is 0.222. The number of anilines is 1. The molecule has 0 spiro atoms. The summed E-state index contributed by atoms with van der Waals surface area (Å²) in [6, 6.07) is 14.4. The molecule has 0 aromatic heterocycles. The molecular formula is C18H18ClNO4. The van der Waals surface area contributed by atoms with Gasteiger partial charge in [-0.2, -0.15) is 0 Å². The summed E-state index contributed by atoms with van der Waals surface area (Å²) in [5, 5.41) is 9.40. The number of carbonyl (C=O) groups is 2. The molecule has 0 saturated heterocycles. The van der Waals surface area contributed by atoms with Gasteiger partial charge in [-0.05, 0) is 30.2 Å². The smallest absolute Gasteiger partial charge is 0.414 e. The molecule has 24 heavy (non-hydrogen) atoms. The SMILES string of the molecule is Cc1ccc(N(CCC(=O)O)C(=O)OCc2ccccc2)cc1Cl. The van der Waals surface area contributed by atoms with Crippen LogP contribution in [0.5, 0.6) is 0 Å². The third kappa shape index (κ3) is 4.99. The van der Waals surface area contributed by atoms with Crippen LogP contribution in [0.3, 0.4) is 0 Å². The van der Waals surface area contributed by atoms with E-state index < -0.39 is 12.1 Å². The molecule has 0 bridgehead atoms. The Kier molecular flexibility index (Phi) is 6.21. The molecule has 1 amide bonds. The van der Waals surface area contributed by atoms with Crippen molar-refractivity contribution in [3.63, 3.8) is 0 Å². The van der Waals surface area contributed by atoms with E-state index in [0.717, 1.165) is 11.1 Å². The summed E-state index contributed by atoms with van der Waals surface area (Å²) in [6.45, 7) is 1.96. The van der Waals surface area contributed by atoms with Crippen molar-refractivity contribution in [2.24, 2.45) is 0 Å². The van der Waals surface area contributed by atoms with Crippen molar-refractivity contribution >= 4 is 29.4 Å². The topological polar surface area (TPSA) is 66.8 Å². The van der Waals surface area contributed by atoms with E-state index in [1.165, 1.54) is 4.90 Å². The Morgan fingerprint density at radius 3 is 2.50 bits per heavy atom. The van der Waals surface area contributed by atoms with Crippen LogP contribution in [0.2, 0.25) is 5.02 Å². The molecule has 0 saturated carbocycles. The molecule has 0 aliphatic carbocycles. The lowest BCUT2D eigenvalue weighted by molar-refractivity contribution is -0.136. The van der Waals surface area contributed by atoms with E-state index in [1.807, 2.05) is 37.3 Å². The van der Waals surface area contributed by atoms with E-state index in [-0.39, 0.29) is 19.6 Å². The van der Waals surface area contributed by atoms with Crippen LogP contribution in [0.25, 0.3) is 0 Å². The number of carbonyl (C=O) groups excluding carboxylic acids is 1. The summed E-state index contributed by atoms with van der Waals surface area (Å²) in [6.07, 6.45) is -0.800. The van der Waals surface area contributed by atoms with Crippen LogP contribution in [-0.4, -0.2) is 23.7 Å². The van der Waals surface area contributed by atoms with Gasteiger partial charge in [0, 0.05) is 17.3 Å². The number of aryl methyl sites for hydroxylation is 1. The highest BCUT2D eigenvalue weighted by molar-refractivity contribution is 6.31. The standard InChI is InChI=1S/C18H18ClNO4/c1-13-7-8-15(11-16(13)19)20(10-9-17(21)22)18(23)24-12-14-5-3-2-4-6-14/h2-8,11H,9-10,12H2,1H3,(H,21,22). The van der Waals surface area contributed by atoms with E-state index in [4.69, 9.17) is 21.4 Å². The molecule has 1 N–H and O–H groups in total. The molecule has 0 fully saturated rings. The third-order valence-electron chi connectivity index (χ3n) is 3.44. The molecule has 0 radical (unpaired) electrons. The number of ether oxygens (including phenoxy) is 1. The number of nitrogens with zero attached hydrogens (tertiary/aromatic N) is 1. The molecule has 0 atom stereocenters. The van der Waals surface area contributed by atoms with Crippen LogP contribution >= 0.6 is 11.6 Å². The Balaban J connectivity index is 2.13. The van der Waals surface area contributed by atoms with Crippen LogP contribution in [0, 0.1) is 6.92 Å². The van der Waals surface area contributed by atoms with Gasteiger partial charge in [0.1, 0.15) is 6.61 Å². The van der Waals surface area contributed by atoms with Gasteiger partial charge in [-0.25, -0.2) is 4.79 Å². The molecule has 0 heterocycles. The number of carboxylic acids is 1. The number of carboxylic acid groups (broad SMARTS) is 1. The minimum Gasteiger partial charge on any atom is -0.481 e. The third-order valence-corrected chi connectivity index (χ3v) is 3.85. The van der Waals surface area contributed by atoms with Crippen LogP contribution in [-0.2, 0) is 16.1 Å². The Bertz CT molecular complexity index is 718. The van der Waals surface area contributed by atoms with E-state index >= 15 is 0 Å². The lowest BCUT2D eigenvalue weighted by Gasteiger charge is -2.22. The second kappa shape index (κ2) is 8.36. The van der Waals surface area contributed by atoms with Crippen LogP contribution in [0.15, 0.2) is 48.5 Å². The van der Waals surface area contributed by atoms with Gasteiger partial charge in [0.05, 0.1) is 6.42 Å². The zero-order valence-corrected chi connectivity index (χ0v) is 14.0. The number of hydrogen-bond donors (Lipinski definition) is 1. The van der Waals surface area contributed by atoms with Gasteiger partial charge in [0.2, 0.25) is 0 Å². The van der Waals surface area contributed by atoms with Crippen LogP contribution in [0.4, 0.5) is 10.5 Å². The predicted molar refractivity (Wildman–Crippen MR) is 92.4 cm³/mol. The number of halogens is 1. The molecular weight excluding hydrogens is 330 g/mol. The summed E-state index contributed by atoms with van der Waals surface area (Å²) in [5.41, 5.74) is 2.23. The molecule has 0 aliphatic heterocycles. The van der Waals surface area contributed by atoms with Crippen molar-refractivity contribution in [1.82, 2.24) is 0 Å². The van der Waals surface area contributed by atoms with Gasteiger partial charge >= 0.3 is 12.1 Å². The van der Waals surface area contributed by atoms with Crippen LogP contribution in [0.1, 0.15) is 17.5 Å². The largest absolute Gasteiger partial charge is 0.481 e. The fourth-order valence-electron chi connectivity index (χ4n) is 2.08. The molecule has 6 heteroatoms. The van der Waals surface area contributed by atoms with Crippen molar-refractivity contribution in [2.45, 2.75) is 20.0 Å². The summed E-state index contributed by atoms with van der Waals surface area (Å²) in [5.74, 6) is -0.992. The summed E-state index contributed by atoms with van der Waals surface area (Å²) >= 11 is 6.10. The van der Waals surface area contributed by atoms with Crippen molar-refractivity contribution in [3.05, 3.63) is 64.7 Å². The van der Waals surface area contributed by atoms with Crippen molar-refractivity contribution in [1.29, 1.82) is 0 Å². The second-order valence-corrected chi connectivity index (χ2v) is 5.68. The van der Waals surface area contributed by atoms with E-state index in [1.54, 1.807) is 18.2 Å². The number of rotatable bonds is 6. The van der Waals surface area contributed by atoms with Crippen molar-refractivity contribution < 1.29 is 19.4 Å². The van der Waals surface area contributed by atoms with Gasteiger partial charge in [-0.3, -0.25) is 9.69 Å². The Morgan fingerprint density at radius 2 is 1.88 bits per heavy atom. The average Bonchev–Trinajstić information content (AvgIpc) is 2.57. The monoisotopic (exact) mass is 347 g/mol. The number of benzene rings is 2. The molecule has 0 aliphatic rings. The fourth-order valence-corrected chi connectivity index (χ4v) is 2.25. The first-order chi connectivity index (χ1) is 11.5. The predicted octanol–water partition coefficient (Wildman–Crippen LogP) is 4.27. The first-order valence-corrected chi connectivity index (χ1v) is 7.81. The number of hydrogen-bond acceptors (Lipinski definition) is 3. The highest BCUT2D eigenvalue weighted by Crippen LogP contribution is 2.24. The zero-order chi connectivity index (χ0) is 17.5. The minimum absolute atomic E-state index is 0.00233.